The molecule has 0 saturated heterocycles. The van der Waals surface area contributed by atoms with Crippen LogP contribution in [0, 0.1) is 0 Å². The van der Waals surface area contributed by atoms with Crippen LogP contribution in [-0.4, -0.2) is 0 Å². The first-order valence-corrected chi connectivity index (χ1v) is 15.6. The van der Waals surface area contributed by atoms with E-state index in [1.807, 2.05) is 11.3 Å². The highest BCUT2D eigenvalue weighted by Gasteiger charge is 2.17. The van der Waals surface area contributed by atoms with Gasteiger partial charge in [-0.3, -0.25) is 0 Å². The highest BCUT2D eigenvalue weighted by atomic mass is 32.1. The van der Waals surface area contributed by atoms with Crippen LogP contribution in [0.2, 0.25) is 0 Å². The van der Waals surface area contributed by atoms with Gasteiger partial charge in [0.15, 0.2) is 0 Å². The van der Waals surface area contributed by atoms with Gasteiger partial charge in [-0.25, -0.2) is 0 Å². The van der Waals surface area contributed by atoms with Crippen molar-refractivity contribution < 1.29 is 0 Å². The third-order valence-electron chi connectivity index (χ3n) is 8.88. The summed E-state index contributed by atoms with van der Waals surface area (Å²) in [4.78, 5) is 0. The molecule has 0 aliphatic heterocycles. The van der Waals surface area contributed by atoms with E-state index in [4.69, 9.17) is 0 Å². The molecule has 0 aliphatic rings. The van der Waals surface area contributed by atoms with Crippen LogP contribution in [-0.2, 0) is 0 Å². The second-order valence-electron chi connectivity index (χ2n) is 11.2. The Morgan fingerprint density at radius 1 is 0.279 bits per heavy atom. The lowest BCUT2D eigenvalue weighted by molar-refractivity contribution is 1.63. The molecule has 0 nitrogen and oxygen atoms in total. The van der Waals surface area contributed by atoms with Crippen LogP contribution in [0.1, 0.15) is 0 Å². The molecule has 0 saturated carbocycles. The molecule has 9 aromatic rings. The summed E-state index contributed by atoms with van der Waals surface area (Å²) in [6, 6.07) is 57.9. The number of benzene rings is 8. The lowest BCUT2D eigenvalue weighted by Gasteiger charge is -2.18. The molecule has 1 aromatic heterocycles. The van der Waals surface area contributed by atoms with Gasteiger partial charge in [0.05, 0.1) is 0 Å². The molecule has 0 spiro atoms. The van der Waals surface area contributed by atoms with E-state index in [0.29, 0.717) is 0 Å². The fourth-order valence-electron chi connectivity index (χ4n) is 7.00. The Hall–Kier alpha value is -5.24. The van der Waals surface area contributed by atoms with E-state index in [1.165, 1.54) is 85.9 Å². The lowest BCUT2D eigenvalue weighted by Crippen LogP contribution is -1.90. The summed E-state index contributed by atoms with van der Waals surface area (Å²) in [5.41, 5.74) is 7.60. The van der Waals surface area contributed by atoms with Crippen molar-refractivity contribution in [2.45, 2.75) is 0 Å². The zero-order valence-corrected chi connectivity index (χ0v) is 24.2. The number of rotatable bonds is 3. The Morgan fingerprint density at radius 2 is 0.791 bits per heavy atom. The van der Waals surface area contributed by atoms with Crippen molar-refractivity contribution in [3.63, 3.8) is 0 Å². The van der Waals surface area contributed by atoms with E-state index in [1.54, 1.807) is 0 Å². The molecule has 1 heteroatoms. The SMILES string of the molecule is c1ccc(-c2c3ccccc3c(-c3ccc(-c4cccc5c4ccc4sc6ccccc6c45)cc3)c3ccccc23)cc1. The van der Waals surface area contributed by atoms with Crippen LogP contribution in [0.15, 0.2) is 158 Å². The van der Waals surface area contributed by atoms with Gasteiger partial charge in [0.25, 0.3) is 0 Å². The van der Waals surface area contributed by atoms with Crippen molar-refractivity contribution in [1.29, 1.82) is 0 Å². The van der Waals surface area contributed by atoms with E-state index in [9.17, 15) is 0 Å². The fourth-order valence-corrected chi connectivity index (χ4v) is 8.13. The molecule has 0 N–H and O–H groups in total. The first-order chi connectivity index (χ1) is 21.3. The van der Waals surface area contributed by atoms with Gasteiger partial charge >= 0.3 is 0 Å². The fraction of sp³-hybridized carbons (Fsp3) is 0. The average Bonchev–Trinajstić information content (AvgIpc) is 3.47. The van der Waals surface area contributed by atoms with E-state index in [2.05, 4.69) is 158 Å². The first kappa shape index (κ1) is 24.4. The van der Waals surface area contributed by atoms with Crippen molar-refractivity contribution in [2.75, 3.05) is 0 Å². The minimum atomic E-state index is 1.24. The van der Waals surface area contributed by atoms with Gasteiger partial charge in [0.2, 0.25) is 0 Å². The maximum atomic E-state index is 2.31. The van der Waals surface area contributed by atoms with Crippen molar-refractivity contribution in [2.24, 2.45) is 0 Å². The van der Waals surface area contributed by atoms with Crippen molar-refractivity contribution >= 4 is 63.8 Å². The monoisotopic (exact) mass is 562 g/mol. The Morgan fingerprint density at radius 3 is 1.44 bits per heavy atom. The summed E-state index contributed by atoms with van der Waals surface area (Å²) in [5, 5.41) is 10.5. The standard InChI is InChI=1S/C42H26S/c1-2-11-28(12-3-1)40-33-13-4-6-15-35(33)41(36-16-7-5-14-34(36)40)29-23-21-27(22-24-29)30-18-10-19-32-31(30)25-26-39-42(32)37-17-8-9-20-38(37)43-39/h1-26H. The van der Waals surface area contributed by atoms with Gasteiger partial charge in [-0.2, -0.15) is 0 Å². The zero-order chi connectivity index (χ0) is 28.3. The van der Waals surface area contributed by atoms with E-state index < -0.39 is 0 Å². The van der Waals surface area contributed by atoms with Crippen LogP contribution in [0.5, 0.6) is 0 Å². The molecule has 0 unspecified atom stereocenters. The quantitative estimate of drug-likeness (QED) is 0.188. The summed E-state index contributed by atoms with van der Waals surface area (Å²) in [5.74, 6) is 0. The van der Waals surface area contributed by atoms with Crippen LogP contribution in [0.4, 0.5) is 0 Å². The molecule has 0 fully saturated rings. The molecule has 0 bridgehead atoms. The largest absolute Gasteiger partial charge is 0.135 e. The normalized spacial score (nSPS) is 11.7. The summed E-state index contributed by atoms with van der Waals surface area (Å²) in [6.07, 6.45) is 0. The summed E-state index contributed by atoms with van der Waals surface area (Å²) in [7, 11) is 0. The molecule has 0 atom stereocenters. The third kappa shape index (κ3) is 3.75. The molecule has 200 valence electrons. The highest BCUT2D eigenvalue weighted by molar-refractivity contribution is 7.26. The summed E-state index contributed by atoms with van der Waals surface area (Å²) >= 11 is 1.88. The maximum absolute atomic E-state index is 2.31. The average molecular weight is 563 g/mol. The van der Waals surface area contributed by atoms with Gasteiger partial charge < -0.3 is 0 Å². The molecular weight excluding hydrogens is 537 g/mol. The van der Waals surface area contributed by atoms with Crippen LogP contribution in [0.25, 0.3) is 85.9 Å². The molecule has 0 radical (unpaired) electrons. The van der Waals surface area contributed by atoms with E-state index in [-0.39, 0.29) is 0 Å². The Labute approximate surface area is 254 Å². The number of hydrogen-bond acceptors (Lipinski definition) is 1. The zero-order valence-electron chi connectivity index (χ0n) is 23.4. The minimum Gasteiger partial charge on any atom is -0.135 e. The molecule has 9 rings (SSSR count). The predicted octanol–water partition coefficient (Wildman–Crippen LogP) is 12.5. The molecular formula is C42H26S. The molecule has 8 aromatic carbocycles. The van der Waals surface area contributed by atoms with Gasteiger partial charge in [0, 0.05) is 20.2 Å². The van der Waals surface area contributed by atoms with Crippen LogP contribution >= 0.6 is 11.3 Å². The molecule has 0 aliphatic carbocycles. The van der Waals surface area contributed by atoms with E-state index >= 15 is 0 Å². The topological polar surface area (TPSA) is 0 Å². The second-order valence-corrected chi connectivity index (χ2v) is 12.3. The lowest BCUT2D eigenvalue weighted by atomic mass is 9.85. The van der Waals surface area contributed by atoms with Gasteiger partial charge in [0.1, 0.15) is 0 Å². The van der Waals surface area contributed by atoms with Crippen LogP contribution < -0.4 is 0 Å². The van der Waals surface area contributed by atoms with Gasteiger partial charge in [-0.1, -0.05) is 146 Å². The predicted molar refractivity (Wildman–Crippen MR) is 188 cm³/mol. The van der Waals surface area contributed by atoms with Crippen molar-refractivity contribution in [3.8, 4) is 33.4 Å². The molecule has 1 heterocycles. The first-order valence-electron chi connectivity index (χ1n) is 14.8. The van der Waals surface area contributed by atoms with E-state index in [0.717, 1.165) is 0 Å². The Balaban J connectivity index is 1.24. The Kier molecular flexibility index (Phi) is 5.47. The van der Waals surface area contributed by atoms with Crippen LogP contribution in [0.3, 0.4) is 0 Å². The molecule has 43 heavy (non-hydrogen) atoms. The number of fused-ring (bicyclic) bond motifs is 7. The minimum absolute atomic E-state index is 1.24. The second kappa shape index (κ2) is 9.66. The van der Waals surface area contributed by atoms with Crippen molar-refractivity contribution in [3.05, 3.63) is 158 Å². The molecule has 0 amide bonds. The smallest absolute Gasteiger partial charge is 0.0361 e. The highest BCUT2D eigenvalue weighted by Crippen LogP contribution is 2.45. The number of thiophene rings is 1. The van der Waals surface area contributed by atoms with Gasteiger partial charge in [-0.05, 0) is 77.8 Å². The maximum Gasteiger partial charge on any atom is 0.0361 e. The van der Waals surface area contributed by atoms with Gasteiger partial charge in [-0.15, -0.1) is 11.3 Å². The van der Waals surface area contributed by atoms with Crippen molar-refractivity contribution in [1.82, 2.24) is 0 Å². The Bertz CT molecular complexity index is 2420. The third-order valence-corrected chi connectivity index (χ3v) is 10.0. The number of hydrogen-bond donors (Lipinski definition) is 0. The summed E-state index contributed by atoms with van der Waals surface area (Å²) in [6.45, 7) is 0. The summed E-state index contributed by atoms with van der Waals surface area (Å²) < 4.78 is 2.69.